The van der Waals surface area contributed by atoms with Crippen LogP contribution >= 0.6 is 27.3 Å². The van der Waals surface area contributed by atoms with E-state index in [1.54, 1.807) is 11.3 Å². The second-order valence-corrected chi connectivity index (χ2v) is 4.88. The average Bonchev–Trinajstić information content (AvgIpc) is 2.47. The molecule has 0 amide bonds. The summed E-state index contributed by atoms with van der Waals surface area (Å²) in [4.78, 5) is 2.07. The molecule has 13 heavy (non-hydrogen) atoms. The van der Waals surface area contributed by atoms with Gasteiger partial charge < -0.3 is 10.0 Å². The van der Waals surface area contributed by atoms with Crippen molar-refractivity contribution in [1.29, 1.82) is 0 Å². The van der Waals surface area contributed by atoms with Gasteiger partial charge in [0.2, 0.25) is 0 Å². The van der Waals surface area contributed by atoms with Crippen molar-refractivity contribution >= 4 is 27.3 Å². The molecule has 0 aliphatic carbocycles. The van der Waals surface area contributed by atoms with E-state index in [0.717, 1.165) is 23.0 Å². The lowest BCUT2D eigenvalue weighted by Crippen LogP contribution is -2.15. The van der Waals surface area contributed by atoms with Crippen LogP contribution in [0.1, 0.15) is 18.1 Å². The minimum atomic E-state index is -0.344. The number of rotatable bonds is 4. The summed E-state index contributed by atoms with van der Waals surface area (Å²) < 4.78 is 1.02. The molecule has 4 heteroatoms. The number of thiophene rings is 1. The Labute approximate surface area is 91.3 Å². The molecule has 1 atom stereocenters. The van der Waals surface area contributed by atoms with Gasteiger partial charge in [0.05, 0.1) is 6.10 Å². The predicted octanol–water partition coefficient (Wildman–Crippen LogP) is 2.50. The lowest BCUT2D eigenvalue weighted by molar-refractivity contribution is 0.154. The Morgan fingerprint density at radius 1 is 1.54 bits per heavy atom. The van der Waals surface area contributed by atoms with Gasteiger partial charge in [0.25, 0.3) is 0 Å². The molecule has 0 aromatic carbocycles. The first-order valence-corrected chi connectivity index (χ1v) is 5.89. The second-order valence-electron chi connectivity index (χ2n) is 3.28. The van der Waals surface area contributed by atoms with Crippen LogP contribution in [0.4, 0.5) is 0 Å². The third-order valence-corrected chi connectivity index (χ3v) is 3.60. The minimum absolute atomic E-state index is 0.344. The molecule has 0 bridgehead atoms. The van der Waals surface area contributed by atoms with E-state index in [0.29, 0.717) is 0 Å². The van der Waals surface area contributed by atoms with Crippen LogP contribution in [-0.4, -0.2) is 30.6 Å². The normalized spacial score (nSPS) is 13.6. The van der Waals surface area contributed by atoms with E-state index >= 15 is 0 Å². The summed E-state index contributed by atoms with van der Waals surface area (Å²) in [5.41, 5.74) is 1.01. The maximum absolute atomic E-state index is 9.79. The fourth-order valence-electron chi connectivity index (χ4n) is 1.07. The van der Waals surface area contributed by atoms with Crippen molar-refractivity contribution in [3.63, 3.8) is 0 Å². The van der Waals surface area contributed by atoms with Crippen LogP contribution in [0.25, 0.3) is 0 Å². The van der Waals surface area contributed by atoms with Crippen molar-refractivity contribution in [2.24, 2.45) is 0 Å². The van der Waals surface area contributed by atoms with E-state index < -0.39 is 0 Å². The van der Waals surface area contributed by atoms with Gasteiger partial charge in [-0.1, -0.05) is 0 Å². The Balaban J connectivity index is 2.49. The zero-order chi connectivity index (χ0) is 9.84. The molecule has 1 heterocycles. The third kappa shape index (κ3) is 3.38. The Bertz CT molecular complexity index is 262. The molecular formula is C9H14BrNOS. The van der Waals surface area contributed by atoms with E-state index in [-0.39, 0.29) is 6.10 Å². The molecule has 1 rings (SSSR count). The summed E-state index contributed by atoms with van der Waals surface area (Å²) in [6.07, 6.45) is 0.436. The van der Waals surface area contributed by atoms with Gasteiger partial charge >= 0.3 is 0 Å². The van der Waals surface area contributed by atoms with Crippen molar-refractivity contribution in [2.75, 3.05) is 20.6 Å². The van der Waals surface area contributed by atoms with Gasteiger partial charge in [-0.3, -0.25) is 0 Å². The van der Waals surface area contributed by atoms with E-state index in [4.69, 9.17) is 0 Å². The number of nitrogens with zero attached hydrogens (tertiary/aromatic N) is 1. The van der Waals surface area contributed by atoms with Crippen LogP contribution in [-0.2, 0) is 0 Å². The third-order valence-electron chi connectivity index (χ3n) is 1.85. The highest BCUT2D eigenvalue weighted by atomic mass is 79.9. The SMILES string of the molecule is CN(C)CCC(O)c1cscc1Br. The van der Waals surface area contributed by atoms with Crippen LogP contribution in [0.3, 0.4) is 0 Å². The summed E-state index contributed by atoms with van der Waals surface area (Å²) in [6.45, 7) is 0.906. The molecule has 1 aromatic heterocycles. The molecule has 0 fully saturated rings. The molecule has 2 nitrogen and oxygen atoms in total. The van der Waals surface area contributed by atoms with Gasteiger partial charge in [0, 0.05) is 22.0 Å². The van der Waals surface area contributed by atoms with Crippen LogP contribution < -0.4 is 0 Å². The molecule has 74 valence electrons. The summed E-state index contributed by atoms with van der Waals surface area (Å²) in [5, 5.41) is 13.8. The highest BCUT2D eigenvalue weighted by molar-refractivity contribution is 9.10. The Hall–Kier alpha value is 0.100. The average molecular weight is 264 g/mol. The molecule has 0 radical (unpaired) electrons. The van der Waals surface area contributed by atoms with Gasteiger partial charge in [-0.2, -0.15) is 11.3 Å². The van der Waals surface area contributed by atoms with E-state index in [1.807, 2.05) is 24.9 Å². The fourth-order valence-corrected chi connectivity index (χ4v) is 2.67. The molecule has 1 aromatic rings. The Morgan fingerprint density at radius 2 is 2.23 bits per heavy atom. The number of halogens is 1. The van der Waals surface area contributed by atoms with Crippen LogP contribution in [0, 0.1) is 0 Å². The first kappa shape index (κ1) is 11.2. The zero-order valence-electron chi connectivity index (χ0n) is 7.83. The molecule has 1 N–H and O–H groups in total. The summed E-state index contributed by atoms with van der Waals surface area (Å²) in [5.74, 6) is 0. The molecule has 0 saturated heterocycles. The first-order chi connectivity index (χ1) is 6.11. The largest absolute Gasteiger partial charge is 0.388 e. The second kappa shape index (κ2) is 5.10. The smallest absolute Gasteiger partial charge is 0.0821 e. The highest BCUT2D eigenvalue weighted by Gasteiger charge is 2.11. The van der Waals surface area contributed by atoms with Crippen LogP contribution in [0.15, 0.2) is 15.2 Å². The first-order valence-electron chi connectivity index (χ1n) is 4.15. The standard InChI is InChI=1S/C9H14BrNOS/c1-11(2)4-3-9(12)7-5-13-6-8(7)10/h5-6,9,12H,3-4H2,1-2H3. The zero-order valence-corrected chi connectivity index (χ0v) is 10.2. The van der Waals surface area contributed by atoms with E-state index in [2.05, 4.69) is 20.8 Å². The number of aliphatic hydroxyl groups excluding tert-OH is 1. The quantitative estimate of drug-likeness (QED) is 0.903. The van der Waals surface area contributed by atoms with Crippen LogP contribution in [0.2, 0.25) is 0 Å². The van der Waals surface area contributed by atoms with Gasteiger partial charge in [0.15, 0.2) is 0 Å². The van der Waals surface area contributed by atoms with Gasteiger partial charge in [0.1, 0.15) is 0 Å². The minimum Gasteiger partial charge on any atom is -0.388 e. The number of hydrogen-bond donors (Lipinski definition) is 1. The van der Waals surface area contributed by atoms with Gasteiger partial charge in [-0.15, -0.1) is 0 Å². The van der Waals surface area contributed by atoms with Crippen molar-refractivity contribution < 1.29 is 5.11 Å². The predicted molar refractivity (Wildman–Crippen MR) is 60.1 cm³/mol. The van der Waals surface area contributed by atoms with E-state index in [1.165, 1.54) is 0 Å². The van der Waals surface area contributed by atoms with Crippen molar-refractivity contribution in [3.05, 3.63) is 20.8 Å². The summed E-state index contributed by atoms with van der Waals surface area (Å²) in [7, 11) is 4.02. The van der Waals surface area contributed by atoms with Gasteiger partial charge in [-0.25, -0.2) is 0 Å². The van der Waals surface area contributed by atoms with Crippen molar-refractivity contribution in [3.8, 4) is 0 Å². The van der Waals surface area contributed by atoms with Crippen molar-refractivity contribution in [2.45, 2.75) is 12.5 Å². The molecule has 0 aliphatic heterocycles. The summed E-state index contributed by atoms with van der Waals surface area (Å²) >= 11 is 5.02. The molecule has 0 aliphatic rings. The monoisotopic (exact) mass is 263 g/mol. The highest BCUT2D eigenvalue weighted by Crippen LogP contribution is 2.28. The lowest BCUT2D eigenvalue weighted by Gasteiger charge is -2.13. The van der Waals surface area contributed by atoms with Gasteiger partial charge in [-0.05, 0) is 41.8 Å². The van der Waals surface area contributed by atoms with Crippen LogP contribution in [0.5, 0.6) is 0 Å². The molecular weight excluding hydrogens is 250 g/mol. The topological polar surface area (TPSA) is 23.5 Å². The lowest BCUT2D eigenvalue weighted by atomic mass is 10.1. The molecule has 0 saturated carbocycles. The fraction of sp³-hybridized carbons (Fsp3) is 0.556. The molecule has 0 spiro atoms. The number of aliphatic hydroxyl groups is 1. The maximum atomic E-state index is 9.79. The van der Waals surface area contributed by atoms with E-state index in [9.17, 15) is 5.11 Å². The maximum Gasteiger partial charge on any atom is 0.0821 e. The Morgan fingerprint density at radius 3 is 2.69 bits per heavy atom. The Kier molecular flexibility index (Phi) is 4.38. The number of hydrogen-bond acceptors (Lipinski definition) is 3. The molecule has 1 unspecified atom stereocenters. The summed E-state index contributed by atoms with van der Waals surface area (Å²) in [6, 6.07) is 0. The van der Waals surface area contributed by atoms with Crippen molar-refractivity contribution in [1.82, 2.24) is 4.90 Å².